The second-order valence-electron chi connectivity index (χ2n) is 4.81. The molecule has 0 saturated heterocycles. The molecule has 8 heteroatoms. The Morgan fingerprint density at radius 2 is 2.10 bits per heavy atom. The highest BCUT2D eigenvalue weighted by atomic mass is 32.2. The number of hydrogen-bond donors (Lipinski definition) is 1. The molecule has 0 fully saturated rings. The number of benzene rings is 1. The van der Waals surface area contributed by atoms with Gasteiger partial charge in [-0.2, -0.15) is 4.31 Å². The molecule has 112 valence electrons. The first-order chi connectivity index (χ1) is 10.1. The molecule has 3 rings (SSSR count). The Hall–Kier alpha value is -1.93. The fourth-order valence-electron chi connectivity index (χ4n) is 2.42. The molecule has 0 unspecified atom stereocenters. The summed E-state index contributed by atoms with van der Waals surface area (Å²) in [5.41, 5.74) is 0.632. The molecule has 7 nitrogen and oxygen atoms in total. The van der Waals surface area contributed by atoms with Crippen LogP contribution in [0.1, 0.15) is 12.7 Å². The van der Waals surface area contributed by atoms with Gasteiger partial charge in [-0.05, 0) is 19.1 Å². The van der Waals surface area contributed by atoms with Gasteiger partial charge in [0, 0.05) is 19.6 Å². The van der Waals surface area contributed by atoms with Crippen molar-refractivity contribution in [3.63, 3.8) is 0 Å². The number of hydrogen-bond acceptors (Lipinski definition) is 5. The summed E-state index contributed by atoms with van der Waals surface area (Å²) in [7, 11) is -3.55. The van der Waals surface area contributed by atoms with Gasteiger partial charge in [0.05, 0.1) is 12.2 Å². The monoisotopic (exact) mass is 307 g/mol. The summed E-state index contributed by atoms with van der Waals surface area (Å²) in [5.74, 6) is 0.672. The number of nitrogens with zero attached hydrogens (tertiary/aromatic N) is 4. The van der Waals surface area contributed by atoms with E-state index in [9.17, 15) is 8.42 Å². The number of rotatable bonds is 4. The maximum absolute atomic E-state index is 12.8. The highest BCUT2D eigenvalue weighted by Crippen LogP contribution is 2.26. The van der Waals surface area contributed by atoms with Gasteiger partial charge in [-0.1, -0.05) is 12.1 Å². The second-order valence-corrected chi connectivity index (χ2v) is 6.71. The van der Waals surface area contributed by atoms with Crippen molar-refractivity contribution >= 4 is 15.7 Å². The maximum atomic E-state index is 12.8. The Morgan fingerprint density at radius 1 is 1.29 bits per heavy atom. The van der Waals surface area contributed by atoms with Crippen LogP contribution >= 0.6 is 0 Å². The van der Waals surface area contributed by atoms with E-state index >= 15 is 0 Å². The summed E-state index contributed by atoms with van der Waals surface area (Å²) in [6.07, 6.45) is 1.63. The van der Waals surface area contributed by atoms with Crippen LogP contribution in [0.2, 0.25) is 0 Å². The lowest BCUT2D eigenvalue weighted by molar-refractivity contribution is 0.335. The molecule has 0 radical (unpaired) electrons. The number of para-hydroxylation sites is 1. The quantitative estimate of drug-likeness (QED) is 0.908. The molecular weight excluding hydrogens is 290 g/mol. The second kappa shape index (κ2) is 5.45. The molecule has 21 heavy (non-hydrogen) atoms. The summed E-state index contributed by atoms with van der Waals surface area (Å²) in [6, 6.07) is 6.97. The lowest BCUT2D eigenvalue weighted by atomic mass is 10.3. The molecule has 0 spiro atoms. The van der Waals surface area contributed by atoms with Gasteiger partial charge in [0.15, 0.2) is 0 Å². The van der Waals surface area contributed by atoms with Crippen LogP contribution in [-0.2, 0) is 23.1 Å². The SMILES string of the molecule is CCNc1ccccc1S(=O)(=O)N1CCn2cnnc2C1. The van der Waals surface area contributed by atoms with E-state index in [1.165, 1.54) is 4.31 Å². The Morgan fingerprint density at radius 3 is 2.90 bits per heavy atom. The van der Waals surface area contributed by atoms with Crippen LogP contribution in [0.3, 0.4) is 0 Å². The molecule has 0 bridgehead atoms. The molecule has 0 atom stereocenters. The van der Waals surface area contributed by atoms with E-state index in [2.05, 4.69) is 15.5 Å². The minimum Gasteiger partial charge on any atom is -0.384 e. The largest absolute Gasteiger partial charge is 0.384 e. The van der Waals surface area contributed by atoms with Crippen molar-refractivity contribution in [3.8, 4) is 0 Å². The van der Waals surface area contributed by atoms with E-state index < -0.39 is 10.0 Å². The van der Waals surface area contributed by atoms with Gasteiger partial charge in [0.2, 0.25) is 10.0 Å². The van der Waals surface area contributed by atoms with E-state index in [0.29, 0.717) is 36.0 Å². The fourth-order valence-corrected chi connectivity index (χ4v) is 3.97. The number of nitrogens with one attached hydrogen (secondary N) is 1. The van der Waals surface area contributed by atoms with Crippen LogP contribution in [0.5, 0.6) is 0 Å². The third-order valence-corrected chi connectivity index (χ3v) is 5.38. The van der Waals surface area contributed by atoms with E-state index in [0.717, 1.165) is 0 Å². The van der Waals surface area contributed by atoms with Crippen molar-refractivity contribution in [2.75, 3.05) is 18.4 Å². The number of aromatic nitrogens is 3. The molecule has 2 heterocycles. The zero-order valence-corrected chi connectivity index (χ0v) is 12.5. The molecule has 0 aliphatic carbocycles. The van der Waals surface area contributed by atoms with E-state index in [4.69, 9.17) is 0 Å². The van der Waals surface area contributed by atoms with Crippen molar-refractivity contribution in [1.82, 2.24) is 19.1 Å². The zero-order valence-electron chi connectivity index (χ0n) is 11.7. The average Bonchev–Trinajstić information content (AvgIpc) is 2.95. The average molecular weight is 307 g/mol. The van der Waals surface area contributed by atoms with Gasteiger partial charge in [0.25, 0.3) is 0 Å². The van der Waals surface area contributed by atoms with Crippen molar-refractivity contribution in [2.45, 2.75) is 24.9 Å². The van der Waals surface area contributed by atoms with Gasteiger partial charge < -0.3 is 9.88 Å². The van der Waals surface area contributed by atoms with Crippen LogP contribution in [0.4, 0.5) is 5.69 Å². The van der Waals surface area contributed by atoms with Gasteiger partial charge in [-0.25, -0.2) is 8.42 Å². The first-order valence-corrected chi connectivity index (χ1v) is 8.26. The maximum Gasteiger partial charge on any atom is 0.245 e. The first-order valence-electron chi connectivity index (χ1n) is 6.82. The van der Waals surface area contributed by atoms with Gasteiger partial charge >= 0.3 is 0 Å². The zero-order chi connectivity index (χ0) is 14.9. The van der Waals surface area contributed by atoms with Crippen LogP contribution in [-0.4, -0.2) is 40.6 Å². The summed E-state index contributed by atoms with van der Waals surface area (Å²) in [5, 5.41) is 10.9. The summed E-state index contributed by atoms with van der Waals surface area (Å²) in [4.78, 5) is 0.305. The number of anilines is 1. The third kappa shape index (κ3) is 2.52. The highest BCUT2D eigenvalue weighted by molar-refractivity contribution is 7.89. The van der Waals surface area contributed by atoms with Crippen LogP contribution in [0.25, 0.3) is 0 Å². The minimum absolute atomic E-state index is 0.253. The smallest absolute Gasteiger partial charge is 0.245 e. The normalized spacial score (nSPS) is 15.7. The van der Waals surface area contributed by atoms with Gasteiger partial charge in [0.1, 0.15) is 17.0 Å². The molecule has 1 aromatic heterocycles. The predicted molar refractivity (Wildman–Crippen MR) is 78.2 cm³/mol. The standard InChI is InChI=1S/C13H17N5O2S/c1-2-14-11-5-3-4-6-12(11)21(19,20)18-8-7-17-10-15-16-13(17)9-18/h3-6,10,14H,2,7-9H2,1H3. The minimum atomic E-state index is -3.55. The Labute approximate surface area is 123 Å². The predicted octanol–water partition coefficient (Wildman–Crippen LogP) is 0.914. The van der Waals surface area contributed by atoms with Crippen molar-refractivity contribution < 1.29 is 8.42 Å². The summed E-state index contributed by atoms with van der Waals surface area (Å²) in [6.45, 7) is 3.86. The van der Waals surface area contributed by atoms with Gasteiger partial charge in [-0.3, -0.25) is 0 Å². The van der Waals surface area contributed by atoms with E-state index in [1.54, 1.807) is 24.5 Å². The number of sulfonamides is 1. The molecule has 1 aliphatic heterocycles. The van der Waals surface area contributed by atoms with Crippen LogP contribution in [0.15, 0.2) is 35.5 Å². The summed E-state index contributed by atoms with van der Waals surface area (Å²) < 4.78 is 29.0. The van der Waals surface area contributed by atoms with Gasteiger partial charge in [-0.15, -0.1) is 10.2 Å². The van der Waals surface area contributed by atoms with Crippen molar-refractivity contribution in [2.24, 2.45) is 0 Å². The summed E-state index contributed by atoms with van der Waals surface area (Å²) >= 11 is 0. The Balaban J connectivity index is 1.95. The molecule has 2 aromatic rings. The van der Waals surface area contributed by atoms with E-state index in [-0.39, 0.29) is 6.54 Å². The third-order valence-electron chi connectivity index (χ3n) is 3.48. The molecule has 0 saturated carbocycles. The lowest BCUT2D eigenvalue weighted by Crippen LogP contribution is -2.38. The number of fused-ring (bicyclic) bond motifs is 1. The van der Waals surface area contributed by atoms with E-state index in [1.807, 2.05) is 17.6 Å². The van der Waals surface area contributed by atoms with Crippen molar-refractivity contribution in [3.05, 3.63) is 36.4 Å². The first kappa shape index (κ1) is 14.0. The Kier molecular flexibility index (Phi) is 3.64. The van der Waals surface area contributed by atoms with Crippen LogP contribution < -0.4 is 5.32 Å². The molecular formula is C13H17N5O2S. The molecule has 0 amide bonds. The molecule has 1 aromatic carbocycles. The molecule has 1 N–H and O–H groups in total. The van der Waals surface area contributed by atoms with Crippen LogP contribution in [0, 0.1) is 0 Å². The van der Waals surface area contributed by atoms with Crippen molar-refractivity contribution in [1.29, 1.82) is 0 Å². The fraction of sp³-hybridized carbons (Fsp3) is 0.385. The topological polar surface area (TPSA) is 80.1 Å². The molecule has 1 aliphatic rings. The lowest BCUT2D eigenvalue weighted by Gasteiger charge is -2.27. The highest BCUT2D eigenvalue weighted by Gasteiger charge is 2.30. The Bertz CT molecular complexity index is 741.